The van der Waals surface area contributed by atoms with E-state index in [2.05, 4.69) is 5.32 Å². The van der Waals surface area contributed by atoms with Crippen LogP contribution in [0.15, 0.2) is 52.9 Å². The summed E-state index contributed by atoms with van der Waals surface area (Å²) < 4.78 is 19.7. The number of furan rings is 1. The fraction of sp³-hybridized carbons (Fsp3) is 0.222. The average molecular weight is 281 g/mol. The van der Waals surface area contributed by atoms with Crippen LogP contribution in [0, 0.1) is 5.82 Å². The third kappa shape index (κ3) is 2.57. The SMILES string of the molecule is Fc1ccc(-c2cc3ccccc3o2)cc1CNC1CC1. The van der Waals surface area contributed by atoms with E-state index in [0.29, 0.717) is 18.2 Å². The lowest BCUT2D eigenvalue weighted by Gasteiger charge is -2.06. The van der Waals surface area contributed by atoms with Crippen LogP contribution in [0.2, 0.25) is 0 Å². The maximum absolute atomic E-state index is 13.9. The molecule has 0 bridgehead atoms. The zero-order valence-corrected chi connectivity index (χ0v) is 11.6. The van der Waals surface area contributed by atoms with Gasteiger partial charge in [-0.1, -0.05) is 18.2 Å². The quantitative estimate of drug-likeness (QED) is 0.762. The van der Waals surface area contributed by atoms with E-state index < -0.39 is 0 Å². The first-order chi connectivity index (χ1) is 10.3. The lowest BCUT2D eigenvalue weighted by Crippen LogP contribution is -2.16. The minimum Gasteiger partial charge on any atom is -0.456 e. The van der Waals surface area contributed by atoms with Crippen molar-refractivity contribution in [3.63, 3.8) is 0 Å². The Balaban J connectivity index is 1.68. The monoisotopic (exact) mass is 281 g/mol. The van der Waals surface area contributed by atoms with Gasteiger partial charge < -0.3 is 9.73 Å². The number of rotatable bonds is 4. The summed E-state index contributed by atoms with van der Waals surface area (Å²) in [5.41, 5.74) is 2.47. The zero-order valence-electron chi connectivity index (χ0n) is 11.6. The maximum atomic E-state index is 13.9. The summed E-state index contributed by atoms with van der Waals surface area (Å²) in [7, 11) is 0. The Morgan fingerprint density at radius 3 is 2.76 bits per heavy atom. The molecule has 1 fully saturated rings. The van der Waals surface area contributed by atoms with Gasteiger partial charge in [-0.05, 0) is 43.2 Å². The van der Waals surface area contributed by atoms with Gasteiger partial charge in [0.1, 0.15) is 17.2 Å². The van der Waals surface area contributed by atoms with Crippen LogP contribution in [0.25, 0.3) is 22.3 Å². The van der Waals surface area contributed by atoms with Crippen molar-refractivity contribution in [1.29, 1.82) is 0 Å². The molecule has 1 aliphatic rings. The second kappa shape index (κ2) is 5.01. The molecule has 3 heteroatoms. The Bertz CT molecular complexity index is 756. The summed E-state index contributed by atoms with van der Waals surface area (Å²) in [6, 6.07) is 15.6. The number of para-hydroxylation sites is 1. The molecule has 106 valence electrons. The molecular formula is C18H16FNO. The van der Waals surface area contributed by atoms with Gasteiger partial charge >= 0.3 is 0 Å². The molecule has 1 saturated carbocycles. The molecule has 2 aromatic carbocycles. The van der Waals surface area contributed by atoms with Crippen LogP contribution in [0.4, 0.5) is 4.39 Å². The average Bonchev–Trinajstić information content (AvgIpc) is 3.23. The van der Waals surface area contributed by atoms with Crippen molar-refractivity contribution in [3.05, 3.63) is 59.9 Å². The van der Waals surface area contributed by atoms with Crippen molar-refractivity contribution < 1.29 is 8.81 Å². The third-order valence-corrected chi connectivity index (χ3v) is 3.91. The van der Waals surface area contributed by atoms with Crippen molar-refractivity contribution in [2.75, 3.05) is 0 Å². The Labute approximate surface area is 122 Å². The number of fused-ring (bicyclic) bond motifs is 1. The molecule has 1 heterocycles. The van der Waals surface area contributed by atoms with E-state index in [0.717, 1.165) is 22.3 Å². The molecule has 4 rings (SSSR count). The van der Waals surface area contributed by atoms with Gasteiger partial charge in [0.15, 0.2) is 0 Å². The second-order valence-corrected chi connectivity index (χ2v) is 5.61. The topological polar surface area (TPSA) is 25.2 Å². The first-order valence-electron chi connectivity index (χ1n) is 7.30. The van der Waals surface area contributed by atoms with Gasteiger partial charge in [0.25, 0.3) is 0 Å². The van der Waals surface area contributed by atoms with Crippen LogP contribution in [0.1, 0.15) is 18.4 Å². The summed E-state index contributed by atoms with van der Waals surface area (Å²) in [5, 5.41) is 4.41. The Morgan fingerprint density at radius 2 is 1.95 bits per heavy atom. The highest BCUT2D eigenvalue weighted by molar-refractivity contribution is 5.82. The van der Waals surface area contributed by atoms with Crippen molar-refractivity contribution in [1.82, 2.24) is 5.32 Å². The van der Waals surface area contributed by atoms with Gasteiger partial charge in [0.2, 0.25) is 0 Å². The van der Waals surface area contributed by atoms with Crippen molar-refractivity contribution >= 4 is 11.0 Å². The Kier molecular flexibility index (Phi) is 3.00. The minimum absolute atomic E-state index is 0.164. The summed E-state index contributed by atoms with van der Waals surface area (Å²) >= 11 is 0. The highest BCUT2D eigenvalue weighted by Gasteiger charge is 2.20. The minimum atomic E-state index is -0.164. The highest BCUT2D eigenvalue weighted by atomic mass is 19.1. The van der Waals surface area contributed by atoms with E-state index in [1.165, 1.54) is 18.9 Å². The smallest absolute Gasteiger partial charge is 0.135 e. The van der Waals surface area contributed by atoms with E-state index in [1.54, 1.807) is 6.07 Å². The molecule has 2 nitrogen and oxygen atoms in total. The molecule has 21 heavy (non-hydrogen) atoms. The van der Waals surface area contributed by atoms with Crippen LogP contribution in [0.5, 0.6) is 0 Å². The molecule has 0 radical (unpaired) electrons. The summed E-state index contributed by atoms with van der Waals surface area (Å²) in [5.74, 6) is 0.617. The predicted molar refractivity (Wildman–Crippen MR) is 81.5 cm³/mol. The summed E-state index contributed by atoms with van der Waals surface area (Å²) in [4.78, 5) is 0. The predicted octanol–water partition coefficient (Wildman–Crippen LogP) is 4.49. The van der Waals surface area contributed by atoms with Gasteiger partial charge in [-0.2, -0.15) is 0 Å². The van der Waals surface area contributed by atoms with Crippen molar-refractivity contribution in [2.24, 2.45) is 0 Å². The van der Waals surface area contributed by atoms with Gasteiger partial charge in [-0.25, -0.2) is 4.39 Å². The summed E-state index contributed by atoms with van der Waals surface area (Å²) in [6.07, 6.45) is 2.40. The number of halogens is 1. The van der Waals surface area contributed by atoms with Gasteiger partial charge in [0.05, 0.1) is 0 Å². The molecule has 1 aliphatic carbocycles. The standard InChI is InChI=1S/C18H16FNO/c19-16-8-5-13(9-14(16)11-20-15-6-7-15)18-10-12-3-1-2-4-17(12)21-18/h1-5,8-10,15,20H,6-7,11H2. The molecule has 0 unspecified atom stereocenters. The Hall–Kier alpha value is -2.13. The van der Waals surface area contributed by atoms with Crippen LogP contribution in [-0.4, -0.2) is 6.04 Å². The lowest BCUT2D eigenvalue weighted by molar-refractivity contribution is 0.586. The first kappa shape index (κ1) is 12.6. The van der Waals surface area contributed by atoms with E-state index in [-0.39, 0.29) is 5.82 Å². The first-order valence-corrected chi connectivity index (χ1v) is 7.30. The lowest BCUT2D eigenvalue weighted by atomic mass is 10.1. The van der Waals surface area contributed by atoms with Gasteiger partial charge in [0, 0.05) is 29.1 Å². The number of hydrogen-bond donors (Lipinski definition) is 1. The van der Waals surface area contributed by atoms with E-state index in [9.17, 15) is 4.39 Å². The highest BCUT2D eigenvalue weighted by Crippen LogP contribution is 2.29. The molecule has 3 aromatic rings. The largest absolute Gasteiger partial charge is 0.456 e. The maximum Gasteiger partial charge on any atom is 0.135 e. The molecule has 1 aromatic heterocycles. The van der Waals surface area contributed by atoms with Crippen LogP contribution < -0.4 is 5.32 Å². The van der Waals surface area contributed by atoms with Crippen molar-refractivity contribution in [3.8, 4) is 11.3 Å². The molecule has 0 spiro atoms. The van der Waals surface area contributed by atoms with Gasteiger partial charge in [-0.3, -0.25) is 0 Å². The molecule has 1 N–H and O–H groups in total. The van der Waals surface area contributed by atoms with Gasteiger partial charge in [-0.15, -0.1) is 0 Å². The molecule has 0 aliphatic heterocycles. The fourth-order valence-corrected chi connectivity index (χ4v) is 2.53. The van der Waals surface area contributed by atoms with Crippen molar-refractivity contribution in [2.45, 2.75) is 25.4 Å². The fourth-order valence-electron chi connectivity index (χ4n) is 2.53. The Morgan fingerprint density at radius 1 is 1.10 bits per heavy atom. The van der Waals surface area contributed by atoms with Crippen LogP contribution >= 0.6 is 0 Å². The normalized spacial score (nSPS) is 14.7. The second-order valence-electron chi connectivity index (χ2n) is 5.61. The number of nitrogens with one attached hydrogen (secondary N) is 1. The third-order valence-electron chi connectivity index (χ3n) is 3.91. The molecule has 0 atom stereocenters. The van der Waals surface area contributed by atoms with Crippen LogP contribution in [0.3, 0.4) is 0 Å². The summed E-state index contributed by atoms with van der Waals surface area (Å²) in [6.45, 7) is 0.574. The van der Waals surface area contributed by atoms with E-state index >= 15 is 0 Å². The molecule has 0 saturated heterocycles. The number of benzene rings is 2. The number of hydrogen-bond acceptors (Lipinski definition) is 2. The molecular weight excluding hydrogens is 265 g/mol. The van der Waals surface area contributed by atoms with E-state index in [1.807, 2.05) is 36.4 Å². The van der Waals surface area contributed by atoms with E-state index in [4.69, 9.17) is 4.42 Å². The van der Waals surface area contributed by atoms with Crippen LogP contribution in [-0.2, 0) is 6.54 Å². The molecule has 0 amide bonds. The zero-order chi connectivity index (χ0) is 14.2.